The molecular formula is C21H21N5O3. The van der Waals surface area contributed by atoms with E-state index >= 15 is 0 Å². The minimum Gasteiger partial charge on any atom is -0.362 e. The molecule has 1 saturated heterocycles. The highest BCUT2D eigenvalue weighted by atomic mass is 16.6. The fourth-order valence-corrected chi connectivity index (χ4v) is 3.61. The first kappa shape index (κ1) is 18.7. The van der Waals surface area contributed by atoms with Gasteiger partial charge in [0.1, 0.15) is 5.69 Å². The quantitative estimate of drug-likeness (QED) is 0.544. The average Bonchev–Trinajstić information content (AvgIpc) is 3.15. The number of piperazine rings is 1. The number of rotatable bonds is 4. The molecule has 3 aromatic rings. The number of nitro benzene ring substituents is 1. The highest BCUT2D eigenvalue weighted by Crippen LogP contribution is 2.31. The number of aromatic nitrogens is 2. The standard InChI is InChI=1S/C21H21N5O3/c1-15(27)24-10-12-25(13-11-24)20-9-7-16(14-21(20)26(28)29)6-8-19-17-4-2-3-5-18(17)22-23-19/h2-9,14H,10-13H2,1H3,(H,22,23). The molecule has 29 heavy (non-hydrogen) atoms. The number of aromatic amines is 1. The van der Waals surface area contributed by atoms with Crippen molar-refractivity contribution >= 4 is 40.3 Å². The first-order valence-electron chi connectivity index (χ1n) is 9.43. The van der Waals surface area contributed by atoms with E-state index in [1.54, 1.807) is 24.0 Å². The van der Waals surface area contributed by atoms with E-state index in [-0.39, 0.29) is 16.5 Å². The predicted molar refractivity (Wildman–Crippen MR) is 113 cm³/mol. The molecule has 1 aromatic heterocycles. The second-order valence-corrected chi connectivity index (χ2v) is 6.99. The highest BCUT2D eigenvalue weighted by molar-refractivity contribution is 5.89. The van der Waals surface area contributed by atoms with Crippen LogP contribution in [0.3, 0.4) is 0 Å². The lowest BCUT2D eigenvalue weighted by atomic mass is 10.1. The summed E-state index contributed by atoms with van der Waals surface area (Å²) in [5, 5.41) is 19.9. The summed E-state index contributed by atoms with van der Waals surface area (Å²) in [5.74, 6) is 0.0329. The van der Waals surface area contributed by atoms with Gasteiger partial charge in [-0.2, -0.15) is 5.10 Å². The summed E-state index contributed by atoms with van der Waals surface area (Å²) in [4.78, 5) is 26.5. The molecule has 0 atom stereocenters. The minimum absolute atomic E-state index is 0.0329. The van der Waals surface area contributed by atoms with Crippen molar-refractivity contribution in [1.82, 2.24) is 15.1 Å². The van der Waals surface area contributed by atoms with Gasteiger partial charge in [-0.3, -0.25) is 20.0 Å². The van der Waals surface area contributed by atoms with Gasteiger partial charge in [0.15, 0.2) is 0 Å². The van der Waals surface area contributed by atoms with Crippen LogP contribution in [-0.2, 0) is 4.79 Å². The first-order chi connectivity index (χ1) is 14.0. The number of anilines is 1. The number of H-pyrrole nitrogens is 1. The largest absolute Gasteiger partial charge is 0.362 e. The molecule has 1 fully saturated rings. The van der Waals surface area contributed by atoms with Crippen molar-refractivity contribution in [1.29, 1.82) is 0 Å². The molecule has 2 aromatic carbocycles. The van der Waals surface area contributed by atoms with Gasteiger partial charge in [0, 0.05) is 44.6 Å². The Hall–Kier alpha value is -3.68. The van der Waals surface area contributed by atoms with E-state index in [4.69, 9.17) is 0 Å². The lowest BCUT2D eigenvalue weighted by Gasteiger charge is -2.35. The molecule has 8 nitrogen and oxygen atoms in total. The van der Waals surface area contributed by atoms with Gasteiger partial charge in [0.05, 0.1) is 16.1 Å². The van der Waals surface area contributed by atoms with Crippen LogP contribution in [0.4, 0.5) is 11.4 Å². The fraction of sp³-hybridized carbons (Fsp3) is 0.238. The molecule has 148 valence electrons. The number of nitro groups is 1. The monoisotopic (exact) mass is 391 g/mol. The predicted octanol–water partition coefficient (Wildman–Crippen LogP) is 3.31. The minimum atomic E-state index is -0.353. The molecule has 0 radical (unpaired) electrons. The number of fused-ring (bicyclic) bond motifs is 1. The van der Waals surface area contributed by atoms with E-state index in [1.165, 1.54) is 0 Å². The summed E-state index contributed by atoms with van der Waals surface area (Å²) in [7, 11) is 0. The molecule has 0 spiro atoms. The van der Waals surface area contributed by atoms with Crippen molar-refractivity contribution in [2.45, 2.75) is 6.92 Å². The van der Waals surface area contributed by atoms with E-state index in [2.05, 4.69) is 10.2 Å². The van der Waals surface area contributed by atoms with Crippen LogP contribution in [0.25, 0.3) is 23.1 Å². The number of carbonyl (C=O) groups excluding carboxylic acids is 1. The molecule has 1 amide bonds. The zero-order valence-electron chi connectivity index (χ0n) is 16.0. The maximum Gasteiger partial charge on any atom is 0.293 e. The zero-order chi connectivity index (χ0) is 20.4. The van der Waals surface area contributed by atoms with E-state index in [0.717, 1.165) is 22.2 Å². The number of nitrogens with one attached hydrogen (secondary N) is 1. The molecule has 0 saturated carbocycles. The maximum absolute atomic E-state index is 11.7. The number of para-hydroxylation sites is 1. The Morgan fingerprint density at radius 1 is 1.14 bits per heavy atom. The molecule has 8 heteroatoms. The Kier molecular flexibility index (Phi) is 4.99. The lowest BCUT2D eigenvalue weighted by Crippen LogP contribution is -2.48. The van der Waals surface area contributed by atoms with Crippen LogP contribution in [0.1, 0.15) is 18.2 Å². The van der Waals surface area contributed by atoms with Crippen molar-refractivity contribution < 1.29 is 9.72 Å². The van der Waals surface area contributed by atoms with Crippen molar-refractivity contribution in [2.75, 3.05) is 31.1 Å². The molecule has 0 bridgehead atoms. The van der Waals surface area contributed by atoms with Crippen LogP contribution in [0.2, 0.25) is 0 Å². The summed E-state index contributed by atoms with van der Waals surface area (Å²) in [5.41, 5.74) is 3.11. The van der Waals surface area contributed by atoms with Crippen molar-refractivity contribution in [3.8, 4) is 0 Å². The fourth-order valence-electron chi connectivity index (χ4n) is 3.61. The van der Waals surface area contributed by atoms with Crippen LogP contribution < -0.4 is 4.90 Å². The van der Waals surface area contributed by atoms with Gasteiger partial charge in [0.25, 0.3) is 5.69 Å². The number of hydrogen-bond donors (Lipinski definition) is 1. The van der Waals surface area contributed by atoms with Crippen LogP contribution in [0.5, 0.6) is 0 Å². The molecule has 1 N–H and O–H groups in total. The zero-order valence-corrected chi connectivity index (χ0v) is 16.0. The number of nitrogens with zero attached hydrogens (tertiary/aromatic N) is 4. The summed E-state index contributed by atoms with van der Waals surface area (Å²) < 4.78 is 0. The van der Waals surface area contributed by atoms with Crippen LogP contribution >= 0.6 is 0 Å². The van der Waals surface area contributed by atoms with Gasteiger partial charge in [-0.05, 0) is 23.8 Å². The van der Waals surface area contributed by atoms with E-state index in [0.29, 0.717) is 31.9 Å². The SMILES string of the molecule is CC(=O)N1CCN(c2ccc(C=Cc3n[nH]c4ccccc34)cc2[N+](=O)[O-])CC1. The second kappa shape index (κ2) is 7.75. The smallest absolute Gasteiger partial charge is 0.293 e. The number of carbonyl (C=O) groups is 1. The third-order valence-corrected chi connectivity index (χ3v) is 5.20. The Labute approximate surface area is 167 Å². The van der Waals surface area contributed by atoms with E-state index in [1.807, 2.05) is 47.4 Å². The van der Waals surface area contributed by atoms with Gasteiger partial charge in [0.2, 0.25) is 5.91 Å². The molecule has 0 aliphatic carbocycles. The second-order valence-electron chi connectivity index (χ2n) is 6.99. The summed E-state index contributed by atoms with van der Waals surface area (Å²) in [6.45, 7) is 3.84. The summed E-state index contributed by atoms with van der Waals surface area (Å²) >= 11 is 0. The Bertz CT molecular complexity index is 1100. The van der Waals surface area contributed by atoms with Crippen LogP contribution in [0.15, 0.2) is 42.5 Å². The Balaban J connectivity index is 1.58. The number of hydrogen-bond acceptors (Lipinski definition) is 5. The topological polar surface area (TPSA) is 95.4 Å². The first-order valence-corrected chi connectivity index (χ1v) is 9.43. The van der Waals surface area contributed by atoms with Gasteiger partial charge >= 0.3 is 0 Å². The molecule has 0 unspecified atom stereocenters. The highest BCUT2D eigenvalue weighted by Gasteiger charge is 2.24. The van der Waals surface area contributed by atoms with Crippen molar-refractivity contribution in [3.63, 3.8) is 0 Å². The summed E-state index contributed by atoms with van der Waals surface area (Å²) in [6.07, 6.45) is 3.68. The Morgan fingerprint density at radius 3 is 2.62 bits per heavy atom. The van der Waals surface area contributed by atoms with Crippen molar-refractivity contribution in [2.24, 2.45) is 0 Å². The van der Waals surface area contributed by atoms with Gasteiger partial charge in [-0.25, -0.2) is 0 Å². The van der Waals surface area contributed by atoms with Crippen LogP contribution in [0, 0.1) is 10.1 Å². The molecule has 2 heterocycles. The average molecular weight is 391 g/mol. The molecule has 1 aliphatic rings. The van der Waals surface area contributed by atoms with Crippen molar-refractivity contribution in [3.05, 3.63) is 63.8 Å². The van der Waals surface area contributed by atoms with Gasteiger partial charge < -0.3 is 9.80 Å². The Morgan fingerprint density at radius 2 is 1.90 bits per heavy atom. The lowest BCUT2D eigenvalue weighted by molar-refractivity contribution is -0.384. The van der Waals surface area contributed by atoms with E-state index in [9.17, 15) is 14.9 Å². The van der Waals surface area contributed by atoms with Gasteiger partial charge in [-0.15, -0.1) is 0 Å². The number of benzene rings is 2. The van der Waals surface area contributed by atoms with Crippen LogP contribution in [-0.4, -0.2) is 52.1 Å². The normalized spacial score (nSPS) is 14.7. The maximum atomic E-state index is 11.7. The van der Waals surface area contributed by atoms with E-state index < -0.39 is 0 Å². The molecule has 4 rings (SSSR count). The van der Waals surface area contributed by atoms with Gasteiger partial charge in [-0.1, -0.05) is 30.3 Å². The third kappa shape index (κ3) is 3.82. The summed E-state index contributed by atoms with van der Waals surface area (Å²) in [6, 6.07) is 13.0. The third-order valence-electron chi connectivity index (χ3n) is 5.20. The molecular weight excluding hydrogens is 370 g/mol. The molecule has 1 aliphatic heterocycles. The number of amides is 1.